The first-order valence-corrected chi connectivity index (χ1v) is 5.64. The van der Waals surface area contributed by atoms with Crippen molar-refractivity contribution >= 4 is 11.7 Å². The maximum absolute atomic E-state index is 11.7. The van der Waals surface area contributed by atoms with Crippen LogP contribution in [0.25, 0.3) is 0 Å². The number of benzene rings is 1. The van der Waals surface area contributed by atoms with Gasteiger partial charge in [0.1, 0.15) is 5.75 Å². The fourth-order valence-corrected chi connectivity index (χ4v) is 1.71. The highest BCUT2D eigenvalue weighted by Crippen LogP contribution is 2.12. The summed E-state index contributed by atoms with van der Waals surface area (Å²) in [6.07, 6.45) is 0.469. The predicted octanol–water partition coefficient (Wildman–Crippen LogP) is 1.18. The molecule has 1 aromatic rings. The summed E-state index contributed by atoms with van der Waals surface area (Å²) in [4.78, 5) is 24.3. The van der Waals surface area contributed by atoms with E-state index < -0.39 is 0 Å². The number of amides is 1. The molecule has 0 N–H and O–H groups in total. The second-order valence-corrected chi connectivity index (χ2v) is 4.21. The molecule has 0 saturated carbocycles. The molecule has 1 aromatic carbocycles. The summed E-state index contributed by atoms with van der Waals surface area (Å²) in [6.45, 7) is 2.74. The van der Waals surface area contributed by atoms with E-state index in [0.29, 0.717) is 18.7 Å². The first kappa shape index (κ1) is 11.6. The summed E-state index contributed by atoms with van der Waals surface area (Å²) >= 11 is 0. The Hall–Kier alpha value is -1.84. The van der Waals surface area contributed by atoms with Crippen LogP contribution in [0.15, 0.2) is 24.3 Å². The van der Waals surface area contributed by atoms with Gasteiger partial charge in [-0.2, -0.15) is 0 Å². The minimum absolute atomic E-state index is 0.00363. The van der Waals surface area contributed by atoms with Crippen molar-refractivity contribution in [1.29, 1.82) is 0 Å². The van der Waals surface area contributed by atoms with Crippen molar-refractivity contribution in [2.45, 2.75) is 13.3 Å². The van der Waals surface area contributed by atoms with E-state index in [1.54, 1.807) is 0 Å². The van der Waals surface area contributed by atoms with Gasteiger partial charge < -0.3 is 9.64 Å². The maximum atomic E-state index is 11.7. The van der Waals surface area contributed by atoms with Crippen molar-refractivity contribution in [2.75, 3.05) is 19.7 Å². The molecule has 1 fully saturated rings. The first-order valence-electron chi connectivity index (χ1n) is 5.64. The zero-order valence-electron chi connectivity index (χ0n) is 9.81. The fraction of sp³-hybridized carbons (Fsp3) is 0.385. The van der Waals surface area contributed by atoms with E-state index in [2.05, 4.69) is 0 Å². The SMILES string of the molecule is Cc1ccc(OCC(=O)N2CCC(=O)C2)cc1. The minimum Gasteiger partial charge on any atom is -0.484 e. The average molecular weight is 233 g/mol. The molecule has 0 spiro atoms. The molecule has 17 heavy (non-hydrogen) atoms. The molecule has 0 radical (unpaired) electrons. The van der Waals surface area contributed by atoms with Crippen LogP contribution >= 0.6 is 0 Å². The van der Waals surface area contributed by atoms with Crippen LogP contribution in [0.1, 0.15) is 12.0 Å². The molecule has 2 rings (SSSR count). The molecule has 1 saturated heterocycles. The van der Waals surface area contributed by atoms with E-state index in [4.69, 9.17) is 4.74 Å². The van der Waals surface area contributed by atoms with Crippen LogP contribution < -0.4 is 4.74 Å². The van der Waals surface area contributed by atoms with Gasteiger partial charge in [-0.05, 0) is 19.1 Å². The van der Waals surface area contributed by atoms with Crippen molar-refractivity contribution in [2.24, 2.45) is 0 Å². The van der Waals surface area contributed by atoms with Gasteiger partial charge in [-0.25, -0.2) is 0 Å². The summed E-state index contributed by atoms with van der Waals surface area (Å²) in [6, 6.07) is 7.52. The molecule has 4 heteroatoms. The Bertz CT molecular complexity index is 425. The predicted molar refractivity (Wildman–Crippen MR) is 62.9 cm³/mol. The van der Waals surface area contributed by atoms with Crippen molar-refractivity contribution in [1.82, 2.24) is 4.90 Å². The molecule has 0 atom stereocenters. The molecule has 1 aliphatic heterocycles. The number of Topliss-reactive ketones (excluding diaryl/α,β-unsaturated/α-hetero) is 1. The Morgan fingerprint density at radius 3 is 2.65 bits per heavy atom. The third-order valence-corrected chi connectivity index (χ3v) is 2.76. The highest BCUT2D eigenvalue weighted by Gasteiger charge is 2.23. The third-order valence-electron chi connectivity index (χ3n) is 2.76. The number of likely N-dealkylation sites (tertiary alicyclic amines) is 1. The van der Waals surface area contributed by atoms with Gasteiger partial charge in [-0.1, -0.05) is 17.7 Å². The molecular formula is C13H15NO3. The number of ether oxygens (including phenoxy) is 1. The Labute approximate surface area is 100 Å². The Kier molecular flexibility index (Phi) is 3.42. The number of hydrogen-bond acceptors (Lipinski definition) is 3. The second kappa shape index (κ2) is 4.99. The van der Waals surface area contributed by atoms with Crippen LogP contribution in [0.5, 0.6) is 5.75 Å². The summed E-state index contributed by atoms with van der Waals surface area (Å²) < 4.78 is 5.37. The van der Waals surface area contributed by atoms with Gasteiger partial charge in [-0.15, -0.1) is 0 Å². The van der Waals surface area contributed by atoms with Crippen molar-refractivity contribution < 1.29 is 14.3 Å². The van der Waals surface area contributed by atoms with Gasteiger partial charge in [0.05, 0.1) is 6.54 Å². The van der Waals surface area contributed by atoms with Crippen molar-refractivity contribution in [3.8, 4) is 5.75 Å². The highest BCUT2D eigenvalue weighted by atomic mass is 16.5. The number of carbonyl (C=O) groups excluding carboxylic acids is 2. The van der Waals surface area contributed by atoms with Crippen LogP contribution in [0, 0.1) is 6.92 Å². The van der Waals surface area contributed by atoms with Gasteiger partial charge >= 0.3 is 0 Å². The lowest BCUT2D eigenvalue weighted by molar-refractivity contribution is -0.133. The zero-order chi connectivity index (χ0) is 12.3. The molecule has 1 amide bonds. The first-order chi connectivity index (χ1) is 8.15. The lowest BCUT2D eigenvalue weighted by Crippen LogP contribution is -2.33. The molecule has 0 aromatic heterocycles. The summed E-state index contributed by atoms with van der Waals surface area (Å²) in [7, 11) is 0. The van der Waals surface area contributed by atoms with Crippen molar-refractivity contribution in [3.05, 3.63) is 29.8 Å². The van der Waals surface area contributed by atoms with Crippen LogP contribution in [-0.4, -0.2) is 36.3 Å². The monoisotopic (exact) mass is 233 g/mol. The van der Waals surface area contributed by atoms with Crippen LogP contribution in [0.4, 0.5) is 0 Å². The summed E-state index contributed by atoms with van der Waals surface area (Å²) in [5, 5.41) is 0. The number of aryl methyl sites for hydroxylation is 1. The molecule has 90 valence electrons. The van der Waals surface area contributed by atoms with E-state index in [9.17, 15) is 9.59 Å². The topological polar surface area (TPSA) is 46.6 Å². The molecule has 0 bridgehead atoms. The normalized spacial score (nSPS) is 15.1. The maximum Gasteiger partial charge on any atom is 0.260 e. The fourth-order valence-electron chi connectivity index (χ4n) is 1.71. The van der Waals surface area contributed by atoms with Crippen LogP contribution in [-0.2, 0) is 9.59 Å². The summed E-state index contributed by atoms with van der Waals surface area (Å²) in [5.41, 5.74) is 1.15. The molecule has 4 nitrogen and oxygen atoms in total. The van der Waals surface area contributed by atoms with E-state index >= 15 is 0 Å². The van der Waals surface area contributed by atoms with E-state index in [-0.39, 0.29) is 24.8 Å². The van der Waals surface area contributed by atoms with Gasteiger partial charge in [0.15, 0.2) is 12.4 Å². The smallest absolute Gasteiger partial charge is 0.260 e. The quantitative estimate of drug-likeness (QED) is 0.787. The highest BCUT2D eigenvalue weighted by molar-refractivity contribution is 5.89. The molecule has 0 aliphatic carbocycles. The average Bonchev–Trinajstić information content (AvgIpc) is 2.75. The van der Waals surface area contributed by atoms with E-state index in [1.807, 2.05) is 31.2 Å². The zero-order valence-corrected chi connectivity index (χ0v) is 9.81. The third kappa shape index (κ3) is 3.06. The number of carbonyl (C=O) groups is 2. The van der Waals surface area contributed by atoms with Gasteiger partial charge in [0, 0.05) is 13.0 Å². The molecule has 1 aliphatic rings. The van der Waals surface area contributed by atoms with Crippen molar-refractivity contribution in [3.63, 3.8) is 0 Å². The largest absolute Gasteiger partial charge is 0.484 e. The molecule has 0 unspecified atom stereocenters. The van der Waals surface area contributed by atoms with E-state index in [0.717, 1.165) is 5.56 Å². The second-order valence-electron chi connectivity index (χ2n) is 4.21. The van der Waals surface area contributed by atoms with E-state index in [1.165, 1.54) is 4.90 Å². The van der Waals surface area contributed by atoms with Gasteiger partial charge in [0.2, 0.25) is 0 Å². The Morgan fingerprint density at radius 1 is 1.35 bits per heavy atom. The minimum atomic E-state index is -0.128. The van der Waals surface area contributed by atoms with Gasteiger partial charge in [0.25, 0.3) is 5.91 Å². The standard InChI is InChI=1S/C13H15NO3/c1-10-2-4-12(5-3-10)17-9-13(16)14-7-6-11(15)8-14/h2-5H,6-9H2,1H3. The molecular weight excluding hydrogens is 218 g/mol. The number of ketones is 1. The van der Waals surface area contributed by atoms with Gasteiger partial charge in [-0.3, -0.25) is 9.59 Å². The number of hydrogen-bond donors (Lipinski definition) is 0. The lowest BCUT2D eigenvalue weighted by Gasteiger charge is -2.14. The molecule has 1 heterocycles. The Morgan fingerprint density at radius 2 is 2.06 bits per heavy atom. The number of rotatable bonds is 3. The number of nitrogens with zero attached hydrogens (tertiary/aromatic N) is 1. The van der Waals surface area contributed by atoms with Crippen LogP contribution in [0.2, 0.25) is 0 Å². The Balaban J connectivity index is 1.84. The summed E-state index contributed by atoms with van der Waals surface area (Å²) in [5.74, 6) is 0.666. The lowest BCUT2D eigenvalue weighted by atomic mass is 10.2. The van der Waals surface area contributed by atoms with Crippen LogP contribution in [0.3, 0.4) is 0 Å².